The van der Waals surface area contributed by atoms with Crippen LogP contribution in [-0.4, -0.2) is 41.0 Å². The van der Waals surface area contributed by atoms with Crippen LogP contribution in [0, 0.1) is 0 Å². The second-order valence-corrected chi connectivity index (χ2v) is 9.65. The molecule has 0 bridgehead atoms. The molecule has 2 rings (SSSR count). The fourth-order valence-electron chi connectivity index (χ4n) is 1.94. The van der Waals surface area contributed by atoms with Gasteiger partial charge in [-0.15, -0.1) is 11.6 Å². The molecule has 1 saturated heterocycles. The van der Waals surface area contributed by atoms with E-state index in [-0.39, 0.29) is 23.9 Å². The molecule has 1 aliphatic heterocycles. The average Bonchev–Trinajstić information content (AvgIpc) is 2.91. The molecule has 2 N–H and O–H groups in total. The summed E-state index contributed by atoms with van der Waals surface area (Å²) in [6.07, 6.45) is 1.53. The standard InChI is InChI=1S/C11H12Cl4N2O3S/c12-8-5-21(18,19)6-9(8)17-10(11(13,14)15)16-4-7-2-1-3-20-7/h1-3,8-9H,4-6H2,(H,16,17)/p+1/t8-,9-/m0/s1. The molecule has 0 aromatic carbocycles. The largest absolute Gasteiger partial charge is 0.465 e. The molecule has 1 fully saturated rings. The first-order chi connectivity index (χ1) is 9.67. The zero-order valence-corrected chi connectivity index (χ0v) is 14.5. The number of rotatable bonds is 3. The van der Waals surface area contributed by atoms with Crippen molar-refractivity contribution in [1.82, 2.24) is 5.32 Å². The number of nitrogens with one attached hydrogen (secondary N) is 2. The van der Waals surface area contributed by atoms with Gasteiger partial charge in [0.1, 0.15) is 18.3 Å². The molecule has 0 amide bonds. The molecule has 0 saturated carbocycles. The highest BCUT2D eigenvalue weighted by Gasteiger charge is 2.44. The number of furan rings is 1. The smallest absolute Gasteiger partial charge is 0.296 e. The summed E-state index contributed by atoms with van der Waals surface area (Å²) in [6.45, 7) is 0.287. The molecule has 1 aromatic heterocycles. The third kappa shape index (κ3) is 4.93. The van der Waals surface area contributed by atoms with Gasteiger partial charge in [-0.3, -0.25) is 10.3 Å². The van der Waals surface area contributed by atoms with E-state index in [1.165, 1.54) is 6.26 Å². The van der Waals surface area contributed by atoms with Crippen molar-refractivity contribution >= 4 is 62.1 Å². The number of sulfone groups is 1. The van der Waals surface area contributed by atoms with E-state index in [0.29, 0.717) is 5.76 Å². The van der Waals surface area contributed by atoms with E-state index >= 15 is 0 Å². The van der Waals surface area contributed by atoms with Crippen molar-refractivity contribution in [2.24, 2.45) is 0 Å². The summed E-state index contributed by atoms with van der Waals surface area (Å²) in [5.74, 6) is 0.604. The minimum atomic E-state index is -3.18. The van der Waals surface area contributed by atoms with Crippen LogP contribution in [0.1, 0.15) is 5.76 Å². The number of hydrogen-bond donors (Lipinski definition) is 2. The molecule has 118 valence electrons. The van der Waals surface area contributed by atoms with Crippen LogP contribution >= 0.6 is 46.4 Å². The first-order valence-electron chi connectivity index (χ1n) is 5.99. The molecule has 1 aliphatic rings. The SMILES string of the molecule is O=S1(=O)C[C@H](NC(=[NH+]Cc2ccco2)C(Cl)(Cl)Cl)[C@@H](Cl)C1. The highest BCUT2D eigenvalue weighted by Crippen LogP contribution is 2.26. The van der Waals surface area contributed by atoms with Crippen molar-refractivity contribution in [3.63, 3.8) is 0 Å². The molecule has 10 heteroatoms. The lowest BCUT2D eigenvalue weighted by Crippen LogP contribution is -2.78. The number of alkyl halides is 4. The van der Waals surface area contributed by atoms with Gasteiger partial charge in [0.2, 0.25) is 0 Å². The number of hydrogen-bond acceptors (Lipinski definition) is 3. The van der Waals surface area contributed by atoms with Crippen molar-refractivity contribution in [1.29, 1.82) is 0 Å². The Hall–Kier alpha value is -0.140. The average molecular weight is 395 g/mol. The molecule has 21 heavy (non-hydrogen) atoms. The van der Waals surface area contributed by atoms with Gasteiger partial charge >= 0.3 is 0 Å². The second kappa shape index (κ2) is 6.54. The van der Waals surface area contributed by atoms with Gasteiger partial charge in [-0.05, 0) is 12.1 Å². The molecular weight excluding hydrogens is 382 g/mol. The van der Waals surface area contributed by atoms with E-state index in [9.17, 15) is 8.42 Å². The molecule has 0 radical (unpaired) electrons. The van der Waals surface area contributed by atoms with Crippen LogP contribution in [0.3, 0.4) is 0 Å². The summed E-state index contributed by atoms with van der Waals surface area (Å²) < 4.78 is 26.5. The van der Waals surface area contributed by atoms with Crippen LogP contribution in [0.4, 0.5) is 0 Å². The molecule has 2 atom stereocenters. The third-order valence-corrected chi connectivity index (χ3v) is 5.86. The molecular formula is C11H13Cl4N2O3S+. The van der Waals surface area contributed by atoms with Gasteiger partial charge in [-0.25, -0.2) is 8.42 Å². The van der Waals surface area contributed by atoms with Crippen LogP contribution in [0.25, 0.3) is 0 Å². The number of halogens is 4. The first-order valence-corrected chi connectivity index (χ1v) is 9.38. The lowest BCUT2D eigenvalue weighted by molar-refractivity contribution is -0.481. The van der Waals surface area contributed by atoms with E-state index in [1.54, 1.807) is 12.1 Å². The van der Waals surface area contributed by atoms with Gasteiger partial charge < -0.3 is 4.42 Å². The Bertz CT molecular complexity index is 610. The lowest BCUT2D eigenvalue weighted by atomic mass is 10.2. The summed E-state index contributed by atoms with van der Waals surface area (Å²) in [7, 11) is -3.18. The monoisotopic (exact) mass is 393 g/mol. The van der Waals surface area contributed by atoms with Gasteiger partial charge in [0.25, 0.3) is 9.63 Å². The van der Waals surface area contributed by atoms with Crippen molar-refractivity contribution < 1.29 is 17.8 Å². The summed E-state index contributed by atoms with van der Waals surface area (Å²) in [5, 5.41) is 2.30. The Morgan fingerprint density at radius 1 is 1.43 bits per heavy atom. The fraction of sp³-hybridized carbons (Fsp3) is 0.545. The zero-order valence-electron chi connectivity index (χ0n) is 10.7. The first kappa shape index (κ1) is 17.2. The zero-order chi connectivity index (χ0) is 15.7. The molecule has 5 nitrogen and oxygen atoms in total. The Kier molecular flexibility index (Phi) is 5.36. The number of amidine groups is 1. The van der Waals surface area contributed by atoms with E-state index in [0.717, 1.165) is 0 Å². The van der Waals surface area contributed by atoms with Crippen LogP contribution in [0.2, 0.25) is 0 Å². The Morgan fingerprint density at radius 3 is 2.62 bits per heavy atom. The van der Waals surface area contributed by atoms with Gasteiger partial charge in [0.05, 0.1) is 23.1 Å². The van der Waals surface area contributed by atoms with Gasteiger partial charge in [-0.2, -0.15) is 0 Å². The van der Waals surface area contributed by atoms with Crippen LogP contribution in [-0.2, 0) is 16.4 Å². The molecule has 2 heterocycles. The maximum atomic E-state index is 11.6. The predicted octanol–water partition coefficient (Wildman–Crippen LogP) is 0.623. The third-order valence-electron chi connectivity index (χ3n) is 2.92. The second-order valence-electron chi connectivity index (χ2n) is 4.65. The Labute approximate surface area is 142 Å². The van der Waals surface area contributed by atoms with E-state index < -0.39 is 25.0 Å². The lowest BCUT2D eigenvalue weighted by Gasteiger charge is -2.15. The molecule has 0 unspecified atom stereocenters. The summed E-state index contributed by atoms with van der Waals surface area (Å²) in [4.78, 5) is 2.90. The summed E-state index contributed by atoms with van der Waals surface area (Å²) in [6, 6.07) is 2.97. The van der Waals surface area contributed by atoms with Crippen molar-refractivity contribution in [3.05, 3.63) is 24.2 Å². The minimum absolute atomic E-state index is 0.0997. The fourth-order valence-corrected chi connectivity index (χ4v) is 4.86. The Morgan fingerprint density at radius 2 is 2.14 bits per heavy atom. The van der Waals surface area contributed by atoms with Gasteiger partial charge in [0.15, 0.2) is 9.84 Å². The highest BCUT2D eigenvalue weighted by molar-refractivity contribution is 7.91. The van der Waals surface area contributed by atoms with Crippen molar-refractivity contribution in [2.75, 3.05) is 11.5 Å². The van der Waals surface area contributed by atoms with Gasteiger partial charge in [0, 0.05) is 0 Å². The highest BCUT2D eigenvalue weighted by atomic mass is 35.6. The van der Waals surface area contributed by atoms with E-state index in [2.05, 4.69) is 10.3 Å². The van der Waals surface area contributed by atoms with Crippen molar-refractivity contribution in [3.8, 4) is 0 Å². The summed E-state index contributed by atoms with van der Waals surface area (Å²) >= 11 is 23.7. The van der Waals surface area contributed by atoms with Crippen LogP contribution in [0.15, 0.2) is 22.8 Å². The van der Waals surface area contributed by atoms with E-state index in [4.69, 9.17) is 50.8 Å². The summed E-state index contributed by atoms with van der Waals surface area (Å²) in [5.41, 5.74) is 0. The molecule has 0 aliphatic carbocycles. The normalized spacial score (nSPS) is 26.0. The van der Waals surface area contributed by atoms with Crippen LogP contribution in [0.5, 0.6) is 0 Å². The quantitative estimate of drug-likeness (QED) is 0.448. The Balaban J connectivity index is 2.12. The maximum Gasteiger partial charge on any atom is 0.296 e. The van der Waals surface area contributed by atoms with E-state index in [1.807, 2.05) is 0 Å². The predicted molar refractivity (Wildman–Crippen MR) is 83.9 cm³/mol. The topological polar surface area (TPSA) is 73.3 Å². The minimum Gasteiger partial charge on any atom is -0.465 e. The maximum absolute atomic E-state index is 11.6. The van der Waals surface area contributed by atoms with Gasteiger partial charge in [-0.1, -0.05) is 34.8 Å². The van der Waals surface area contributed by atoms with Crippen LogP contribution < -0.4 is 10.3 Å². The molecule has 0 spiro atoms. The molecule has 1 aromatic rings. The van der Waals surface area contributed by atoms with Crippen molar-refractivity contribution in [2.45, 2.75) is 21.8 Å².